The quantitative estimate of drug-likeness (QED) is 0.692. The number of rotatable bonds is 1. The van der Waals surface area contributed by atoms with Crippen molar-refractivity contribution in [1.29, 1.82) is 0 Å². The molecule has 0 saturated heterocycles. The van der Waals surface area contributed by atoms with Gasteiger partial charge in [0.2, 0.25) is 0 Å². The fraction of sp³-hybridized carbons (Fsp3) is 0. The first kappa shape index (κ1) is 9.77. The van der Waals surface area contributed by atoms with Crippen LogP contribution in [0.5, 0.6) is 0 Å². The maximum atomic E-state index is 13.7. The predicted octanol–water partition coefficient (Wildman–Crippen LogP) is 1.85. The van der Waals surface area contributed by atoms with Gasteiger partial charge in [0.25, 0.3) is 0 Å². The number of nitrogens with one attached hydrogen (secondary N) is 1. The average Bonchev–Trinajstić information content (AvgIpc) is 2.68. The lowest BCUT2D eigenvalue weighted by Crippen LogP contribution is -2.15. The fourth-order valence-corrected chi connectivity index (χ4v) is 1.85. The number of halogens is 1. The van der Waals surface area contributed by atoms with Crippen LogP contribution in [-0.2, 0) is 0 Å². The number of hydrogen-bond donors (Lipinski definition) is 1. The summed E-state index contributed by atoms with van der Waals surface area (Å²) in [6, 6.07) is 7.94. The van der Waals surface area contributed by atoms with Crippen molar-refractivity contribution >= 4 is 11.0 Å². The van der Waals surface area contributed by atoms with Crippen molar-refractivity contribution in [2.24, 2.45) is 0 Å². The molecule has 1 aromatic carbocycles. The highest BCUT2D eigenvalue weighted by molar-refractivity contribution is 5.77. The zero-order chi connectivity index (χ0) is 11.8. The SMILES string of the molecule is O=c1[nH]c2cccc(F)c2n1-c1cccnc1. The lowest BCUT2D eigenvalue weighted by atomic mass is 10.3. The number of para-hydroxylation sites is 1. The number of aromatic nitrogens is 3. The van der Waals surface area contributed by atoms with Crippen molar-refractivity contribution in [3.05, 3.63) is 59.0 Å². The summed E-state index contributed by atoms with van der Waals surface area (Å²) >= 11 is 0. The normalized spacial score (nSPS) is 10.9. The van der Waals surface area contributed by atoms with E-state index in [2.05, 4.69) is 9.97 Å². The van der Waals surface area contributed by atoms with Gasteiger partial charge < -0.3 is 4.98 Å². The summed E-state index contributed by atoms with van der Waals surface area (Å²) in [6.07, 6.45) is 3.11. The van der Waals surface area contributed by atoms with E-state index in [0.717, 1.165) is 0 Å². The second-order valence-electron chi connectivity index (χ2n) is 3.61. The predicted molar refractivity (Wildman–Crippen MR) is 61.6 cm³/mol. The van der Waals surface area contributed by atoms with Crippen molar-refractivity contribution in [3.63, 3.8) is 0 Å². The van der Waals surface area contributed by atoms with Crippen LogP contribution in [0.1, 0.15) is 0 Å². The van der Waals surface area contributed by atoms with Crippen LogP contribution in [0, 0.1) is 5.82 Å². The highest BCUT2D eigenvalue weighted by atomic mass is 19.1. The van der Waals surface area contributed by atoms with Crippen LogP contribution < -0.4 is 5.69 Å². The number of benzene rings is 1. The Balaban J connectivity index is 2.45. The number of fused-ring (bicyclic) bond motifs is 1. The van der Waals surface area contributed by atoms with Gasteiger partial charge in [0, 0.05) is 6.20 Å². The number of hydrogen-bond acceptors (Lipinski definition) is 2. The number of imidazole rings is 1. The minimum Gasteiger partial charge on any atom is -0.305 e. The molecule has 0 amide bonds. The maximum absolute atomic E-state index is 13.7. The van der Waals surface area contributed by atoms with Gasteiger partial charge in [-0.2, -0.15) is 0 Å². The summed E-state index contributed by atoms with van der Waals surface area (Å²) in [7, 11) is 0. The third kappa shape index (κ3) is 1.44. The molecule has 0 saturated carbocycles. The van der Waals surface area contributed by atoms with E-state index in [1.165, 1.54) is 16.8 Å². The van der Waals surface area contributed by atoms with Crippen LogP contribution in [0.3, 0.4) is 0 Å². The summed E-state index contributed by atoms with van der Waals surface area (Å²) < 4.78 is 15.0. The van der Waals surface area contributed by atoms with Crippen molar-refractivity contribution in [3.8, 4) is 5.69 Å². The first-order valence-corrected chi connectivity index (χ1v) is 5.07. The summed E-state index contributed by atoms with van der Waals surface area (Å²) in [5.41, 5.74) is 0.872. The van der Waals surface area contributed by atoms with E-state index in [1.54, 1.807) is 30.5 Å². The summed E-state index contributed by atoms with van der Waals surface area (Å²) in [5.74, 6) is -0.440. The van der Waals surface area contributed by atoms with Crippen LogP contribution in [0.15, 0.2) is 47.5 Å². The monoisotopic (exact) mass is 229 g/mol. The molecule has 3 aromatic rings. The molecule has 0 fully saturated rings. The van der Waals surface area contributed by atoms with Crippen LogP contribution in [0.4, 0.5) is 4.39 Å². The van der Waals surface area contributed by atoms with Crippen LogP contribution in [0.2, 0.25) is 0 Å². The molecule has 0 aliphatic rings. The molecule has 0 aliphatic heterocycles. The van der Waals surface area contributed by atoms with Gasteiger partial charge in [0.15, 0.2) is 0 Å². The Hall–Kier alpha value is -2.43. The van der Waals surface area contributed by atoms with Crippen molar-refractivity contribution in [1.82, 2.24) is 14.5 Å². The highest BCUT2D eigenvalue weighted by Crippen LogP contribution is 2.17. The van der Waals surface area contributed by atoms with Gasteiger partial charge >= 0.3 is 5.69 Å². The fourth-order valence-electron chi connectivity index (χ4n) is 1.85. The average molecular weight is 229 g/mol. The Kier molecular flexibility index (Phi) is 2.04. The first-order valence-electron chi connectivity index (χ1n) is 5.07. The lowest BCUT2D eigenvalue weighted by Gasteiger charge is -2.02. The Morgan fingerprint density at radius 2 is 2.12 bits per heavy atom. The Bertz CT molecular complexity index is 730. The summed E-state index contributed by atoms with van der Waals surface area (Å²) in [6.45, 7) is 0. The molecule has 2 heterocycles. The second kappa shape index (κ2) is 3.55. The zero-order valence-corrected chi connectivity index (χ0v) is 8.72. The number of pyridine rings is 1. The Morgan fingerprint density at radius 3 is 2.88 bits per heavy atom. The molecule has 1 N–H and O–H groups in total. The van der Waals surface area contributed by atoms with Crippen LogP contribution in [-0.4, -0.2) is 14.5 Å². The summed E-state index contributed by atoms with van der Waals surface area (Å²) in [5, 5.41) is 0. The van der Waals surface area contributed by atoms with Gasteiger partial charge in [0.1, 0.15) is 11.3 Å². The third-order valence-electron chi connectivity index (χ3n) is 2.56. The molecular formula is C12H8FN3O. The number of nitrogens with zero attached hydrogens (tertiary/aromatic N) is 2. The standard InChI is InChI=1S/C12H8FN3O/c13-9-4-1-5-10-11(9)16(12(17)15-10)8-3-2-6-14-7-8/h1-7H,(H,15,17). The van der Waals surface area contributed by atoms with Gasteiger partial charge in [-0.25, -0.2) is 9.18 Å². The molecule has 0 atom stereocenters. The van der Waals surface area contributed by atoms with E-state index in [0.29, 0.717) is 11.2 Å². The molecule has 5 heteroatoms. The van der Waals surface area contributed by atoms with E-state index in [1.807, 2.05) is 0 Å². The van der Waals surface area contributed by atoms with Crippen LogP contribution >= 0.6 is 0 Å². The highest BCUT2D eigenvalue weighted by Gasteiger charge is 2.12. The van der Waals surface area contributed by atoms with Crippen molar-refractivity contribution in [2.45, 2.75) is 0 Å². The summed E-state index contributed by atoms with van der Waals surface area (Å²) in [4.78, 5) is 18.3. The molecule has 4 nitrogen and oxygen atoms in total. The van der Waals surface area contributed by atoms with E-state index in [-0.39, 0.29) is 11.2 Å². The number of aromatic amines is 1. The topological polar surface area (TPSA) is 50.7 Å². The largest absolute Gasteiger partial charge is 0.331 e. The molecular weight excluding hydrogens is 221 g/mol. The third-order valence-corrected chi connectivity index (χ3v) is 2.56. The first-order chi connectivity index (χ1) is 8.27. The van der Waals surface area contributed by atoms with E-state index in [9.17, 15) is 9.18 Å². The number of H-pyrrole nitrogens is 1. The van der Waals surface area contributed by atoms with E-state index >= 15 is 0 Å². The smallest absolute Gasteiger partial charge is 0.305 e. The molecule has 0 aliphatic carbocycles. The van der Waals surface area contributed by atoms with Crippen molar-refractivity contribution < 1.29 is 4.39 Å². The minimum absolute atomic E-state index is 0.241. The van der Waals surface area contributed by atoms with E-state index in [4.69, 9.17) is 0 Å². The molecule has 17 heavy (non-hydrogen) atoms. The molecule has 0 unspecified atom stereocenters. The zero-order valence-electron chi connectivity index (χ0n) is 8.72. The van der Waals surface area contributed by atoms with Gasteiger partial charge in [-0.15, -0.1) is 0 Å². The van der Waals surface area contributed by atoms with Gasteiger partial charge in [-0.3, -0.25) is 9.55 Å². The van der Waals surface area contributed by atoms with Gasteiger partial charge in [0.05, 0.1) is 17.4 Å². The molecule has 2 aromatic heterocycles. The van der Waals surface area contributed by atoms with E-state index < -0.39 is 5.82 Å². The maximum Gasteiger partial charge on any atom is 0.331 e. The van der Waals surface area contributed by atoms with Crippen LogP contribution in [0.25, 0.3) is 16.7 Å². The molecule has 3 rings (SSSR count). The van der Waals surface area contributed by atoms with Crippen molar-refractivity contribution in [2.75, 3.05) is 0 Å². The van der Waals surface area contributed by atoms with Gasteiger partial charge in [-0.1, -0.05) is 6.07 Å². The second-order valence-corrected chi connectivity index (χ2v) is 3.61. The minimum atomic E-state index is -0.440. The van der Waals surface area contributed by atoms with Gasteiger partial charge in [-0.05, 0) is 24.3 Å². The Labute approximate surface area is 95.4 Å². The molecule has 84 valence electrons. The molecule has 0 radical (unpaired) electrons. The molecule has 0 spiro atoms. The Morgan fingerprint density at radius 1 is 1.24 bits per heavy atom. The lowest BCUT2D eigenvalue weighted by molar-refractivity contribution is 0.634. The molecule has 0 bridgehead atoms.